The van der Waals surface area contributed by atoms with Crippen LogP contribution in [0.1, 0.15) is 68.1 Å². The van der Waals surface area contributed by atoms with Gasteiger partial charge >= 0.3 is 6.09 Å². The number of carbonyl (C=O) groups excluding carboxylic acids is 1. The summed E-state index contributed by atoms with van der Waals surface area (Å²) in [6.07, 6.45) is 5.95. The molecule has 0 unspecified atom stereocenters. The molecule has 0 aliphatic carbocycles. The smallest absolute Gasteiger partial charge is 0.410 e. The maximum atomic E-state index is 12.7. The fraction of sp³-hybridized carbons (Fsp3) is 0.636. The van der Waals surface area contributed by atoms with E-state index in [4.69, 9.17) is 9.72 Å². The summed E-state index contributed by atoms with van der Waals surface area (Å²) in [5, 5.41) is 0. The summed E-state index contributed by atoms with van der Waals surface area (Å²) in [7, 11) is 0. The number of piperidine rings is 1. The lowest BCUT2D eigenvalue weighted by atomic mass is 9.98. The van der Waals surface area contributed by atoms with Crippen molar-refractivity contribution in [3.05, 3.63) is 34.3 Å². The predicted molar refractivity (Wildman–Crippen MR) is 108 cm³/mol. The van der Waals surface area contributed by atoms with Gasteiger partial charge in [0.1, 0.15) is 11.2 Å². The number of rotatable bonds is 2. The monoisotopic (exact) mass is 371 g/mol. The molecule has 1 amide bonds. The highest BCUT2D eigenvalue weighted by atomic mass is 16.6. The molecular formula is C22H33N3O2. The number of aryl methyl sites for hydroxylation is 3. The van der Waals surface area contributed by atoms with Crippen molar-refractivity contribution in [2.75, 3.05) is 6.54 Å². The Morgan fingerprint density at radius 1 is 1.19 bits per heavy atom. The fourth-order valence-electron chi connectivity index (χ4n) is 3.93. The summed E-state index contributed by atoms with van der Waals surface area (Å²) in [6.45, 7) is 15.1. The van der Waals surface area contributed by atoms with Crippen molar-refractivity contribution in [1.82, 2.24) is 14.3 Å². The second-order valence-electron chi connectivity index (χ2n) is 8.93. The number of hydrogen-bond acceptors (Lipinski definition) is 3. The molecule has 0 radical (unpaired) electrons. The van der Waals surface area contributed by atoms with E-state index in [1.54, 1.807) is 0 Å². The molecule has 27 heavy (non-hydrogen) atoms. The van der Waals surface area contributed by atoms with Crippen LogP contribution in [0.3, 0.4) is 0 Å². The van der Waals surface area contributed by atoms with Crippen LogP contribution in [0.2, 0.25) is 0 Å². The molecule has 1 aliphatic heterocycles. The van der Waals surface area contributed by atoms with E-state index < -0.39 is 5.60 Å². The number of aromatic nitrogens is 2. The number of hydrogen-bond donors (Lipinski definition) is 0. The lowest BCUT2D eigenvalue weighted by molar-refractivity contribution is 0.00984. The molecule has 2 aromatic heterocycles. The van der Waals surface area contributed by atoms with E-state index in [0.717, 1.165) is 43.6 Å². The third-order valence-electron chi connectivity index (χ3n) is 5.74. The summed E-state index contributed by atoms with van der Waals surface area (Å²) < 4.78 is 7.85. The van der Waals surface area contributed by atoms with Gasteiger partial charge in [-0.2, -0.15) is 0 Å². The summed E-state index contributed by atoms with van der Waals surface area (Å²) in [6, 6.07) is 0.153. The van der Waals surface area contributed by atoms with E-state index >= 15 is 0 Å². The Morgan fingerprint density at radius 3 is 2.56 bits per heavy atom. The number of pyridine rings is 1. The van der Waals surface area contributed by atoms with Gasteiger partial charge in [-0.05, 0) is 84.4 Å². The van der Waals surface area contributed by atoms with Crippen LogP contribution in [0.5, 0.6) is 0 Å². The Balaban J connectivity index is 1.89. The van der Waals surface area contributed by atoms with Crippen LogP contribution in [-0.2, 0) is 11.2 Å². The standard InChI is InChI=1S/C22H33N3O2/c1-14-13-25-17(4)19(23-20(25)16(3)15(14)2)12-18-10-8-9-11-24(18)21(26)27-22(5,6)7/h13,18H,8-12H2,1-7H3/t18-/m0/s1. The second-order valence-corrected chi connectivity index (χ2v) is 8.93. The molecular weight excluding hydrogens is 338 g/mol. The van der Waals surface area contributed by atoms with Gasteiger partial charge in [0.05, 0.1) is 5.69 Å². The molecule has 0 saturated carbocycles. The van der Waals surface area contributed by atoms with Crippen molar-refractivity contribution in [3.63, 3.8) is 0 Å². The Labute approximate surface area is 162 Å². The molecule has 1 saturated heterocycles. The molecule has 1 aliphatic rings. The maximum absolute atomic E-state index is 12.7. The van der Waals surface area contributed by atoms with E-state index in [1.165, 1.54) is 22.4 Å². The van der Waals surface area contributed by atoms with Gasteiger partial charge in [0, 0.05) is 30.9 Å². The average Bonchev–Trinajstić information content (AvgIpc) is 2.88. The molecule has 148 valence electrons. The van der Waals surface area contributed by atoms with Crippen molar-refractivity contribution < 1.29 is 9.53 Å². The van der Waals surface area contributed by atoms with Crippen LogP contribution >= 0.6 is 0 Å². The molecule has 0 aromatic carbocycles. The molecule has 0 N–H and O–H groups in total. The quantitative estimate of drug-likeness (QED) is 0.754. The topological polar surface area (TPSA) is 46.8 Å². The first kappa shape index (κ1) is 19.7. The van der Waals surface area contributed by atoms with Crippen LogP contribution in [0, 0.1) is 27.7 Å². The summed E-state index contributed by atoms with van der Waals surface area (Å²) in [5.41, 5.74) is 6.63. The summed E-state index contributed by atoms with van der Waals surface area (Å²) >= 11 is 0. The molecule has 5 nitrogen and oxygen atoms in total. The van der Waals surface area contributed by atoms with Gasteiger partial charge in [-0.25, -0.2) is 9.78 Å². The lowest BCUT2D eigenvalue weighted by Gasteiger charge is -2.36. The summed E-state index contributed by atoms with van der Waals surface area (Å²) in [4.78, 5) is 19.6. The van der Waals surface area contributed by atoms with Gasteiger partial charge in [0.25, 0.3) is 0 Å². The highest BCUT2D eigenvalue weighted by Crippen LogP contribution is 2.26. The normalized spacial score (nSPS) is 18.2. The molecule has 1 atom stereocenters. The number of nitrogens with zero attached hydrogens (tertiary/aromatic N) is 3. The summed E-state index contributed by atoms with van der Waals surface area (Å²) in [5.74, 6) is 0. The Bertz CT molecular complexity index is 861. The largest absolute Gasteiger partial charge is 0.444 e. The first-order chi connectivity index (χ1) is 12.6. The van der Waals surface area contributed by atoms with Gasteiger partial charge in [-0.1, -0.05) is 0 Å². The number of amides is 1. The number of carbonyl (C=O) groups is 1. The van der Waals surface area contributed by atoms with Crippen LogP contribution in [0.15, 0.2) is 6.20 Å². The van der Waals surface area contributed by atoms with Crippen LogP contribution in [0.25, 0.3) is 5.65 Å². The zero-order valence-corrected chi connectivity index (χ0v) is 17.8. The second kappa shape index (κ2) is 7.17. The SMILES string of the molecule is Cc1cn2c(C)c(C[C@@H]3CCCCN3C(=O)OC(C)(C)C)nc2c(C)c1C. The first-order valence-corrected chi connectivity index (χ1v) is 10.0. The Morgan fingerprint density at radius 2 is 1.89 bits per heavy atom. The van der Waals surface area contributed by atoms with E-state index in [1.807, 2.05) is 25.7 Å². The number of ether oxygens (including phenoxy) is 1. The first-order valence-electron chi connectivity index (χ1n) is 10.0. The van der Waals surface area contributed by atoms with E-state index in [9.17, 15) is 4.79 Å². The number of fused-ring (bicyclic) bond motifs is 1. The molecule has 3 rings (SSSR count). The van der Waals surface area contributed by atoms with Crippen molar-refractivity contribution >= 4 is 11.7 Å². The Hall–Kier alpha value is -2.04. The predicted octanol–water partition coefficient (Wildman–Crippen LogP) is 4.90. The fourth-order valence-corrected chi connectivity index (χ4v) is 3.93. The maximum Gasteiger partial charge on any atom is 0.410 e. The van der Waals surface area contributed by atoms with Gasteiger partial charge < -0.3 is 14.0 Å². The molecule has 2 aromatic rings. The van der Waals surface area contributed by atoms with Crippen molar-refractivity contribution in [1.29, 1.82) is 0 Å². The molecule has 1 fully saturated rings. The van der Waals surface area contributed by atoms with Gasteiger partial charge in [0.15, 0.2) is 0 Å². The molecule has 0 spiro atoms. The van der Waals surface area contributed by atoms with E-state index in [0.29, 0.717) is 0 Å². The van der Waals surface area contributed by atoms with E-state index in [2.05, 4.69) is 38.3 Å². The third-order valence-corrected chi connectivity index (χ3v) is 5.74. The highest BCUT2D eigenvalue weighted by molar-refractivity contribution is 5.68. The lowest BCUT2D eigenvalue weighted by Crippen LogP contribution is -2.47. The highest BCUT2D eigenvalue weighted by Gasteiger charge is 2.31. The minimum Gasteiger partial charge on any atom is -0.444 e. The van der Waals surface area contributed by atoms with Gasteiger partial charge in [0.2, 0.25) is 0 Å². The molecule has 5 heteroatoms. The van der Waals surface area contributed by atoms with Crippen molar-refractivity contribution in [2.24, 2.45) is 0 Å². The van der Waals surface area contributed by atoms with Crippen molar-refractivity contribution in [3.8, 4) is 0 Å². The van der Waals surface area contributed by atoms with Gasteiger partial charge in [-0.3, -0.25) is 0 Å². The zero-order valence-electron chi connectivity index (χ0n) is 17.8. The van der Waals surface area contributed by atoms with Crippen LogP contribution in [0.4, 0.5) is 4.79 Å². The van der Waals surface area contributed by atoms with Crippen LogP contribution < -0.4 is 0 Å². The minimum atomic E-state index is -0.468. The number of likely N-dealkylation sites (tertiary alicyclic amines) is 1. The van der Waals surface area contributed by atoms with Gasteiger partial charge in [-0.15, -0.1) is 0 Å². The number of imidazole rings is 1. The van der Waals surface area contributed by atoms with E-state index in [-0.39, 0.29) is 12.1 Å². The third kappa shape index (κ3) is 3.97. The zero-order chi connectivity index (χ0) is 19.9. The molecule has 3 heterocycles. The molecule has 0 bridgehead atoms. The Kier molecular flexibility index (Phi) is 5.24. The average molecular weight is 372 g/mol. The van der Waals surface area contributed by atoms with Crippen molar-refractivity contribution in [2.45, 2.75) is 85.8 Å². The van der Waals surface area contributed by atoms with Crippen LogP contribution in [-0.4, -0.2) is 38.6 Å². The minimum absolute atomic E-state index is 0.153.